The molecule has 2 aromatic rings. The van der Waals surface area contributed by atoms with Gasteiger partial charge in [-0.3, -0.25) is 4.68 Å². The molecule has 0 aliphatic carbocycles. The van der Waals surface area contributed by atoms with Crippen LogP contribution in [-0.4, -0.2) is 43.1 Å². The Hall–Kier alpha value is -1.33. The number of hydrogen-bond acceptors (Lipinski definition) is 8. The van der Waals surface area contributed by atoms with E-state index in [9.17, 15) is 16.8 Å². The van der Waals surface area contributed by atoms with Crippen molar-refractivity contribution in [3.8, 4) is 0 Å². The zero-order valence-corrected chi connectivity index (χ0v) is 14.6. The number of sulfone groups is 2. The molecule has 0 bridgehead atoms. The third-order valence-electron chi connectivity index (χ3n) is 2.63. The SMILES string of the molecule is CCn1cc(CS(=O)(=O)Cc2csc(CS(C)(=O)=O)n2)nn1. The average molecular weight is 364 g/mol. The van der Waals surface area contributed by atoms with E-state index in [4.69, 9.17) is 0 Å². The smallest absolute Gasteiger partial charge is 0.161 e. The fraction of sp³-hybridized carbons (Fsp3) is 0.545. The van der Waals surface area contributed by atoms with Crippen LogP contribution in [0.2, 0.25) is 0 Å². The molecule has 2 aromatic heterocycles. The van der Waals surface area contributed by atoms with Crippen LogP contribution in [0.15, 0.2) is 11.6 Å². The van der Waals surface area contributed by atoms with Crippen LogP contribution in [-0.2, 0) is 43.5 Å². The highest BCUT2D eigenvalue weighted by Crippen LogP contribution is 2.16. The first-order valence-corrected chi connectivity index (χ1v) is 11.1. The van der Waals surface area contributed by atoms with Crippen molar-refractivity contribution in [2.24, 2.45) is 0 Å². The first-order chi connectivity index (χ1) is 10.2. The minimum Gasteiger partial charge on any atom is -0.253 e. The molecule has 8 nitrogen and oxygen atoms in total. The number of aryl methyl sites for hydroxylation is 1. The van der Waals surface area contributed by atoms with E-state index < -0.39 is 19.7 Å². The molecule has 0 N–H and O–H groups in total. The Labute approximate surface area is 133 Å². The normalized spacial score (nSPS) is 12.6. The molecule has 122 valence electrons. The molecule has 22 heavy (non-hydrogen) atoms. The Kier molecular flexibility index (Phi) is 4.97. The number of nitrogens with zero attached hydrogens (tertiary/aromatic N) is 4. The lowest BCUT2D eigenvalue weighted by molar-refractivity contribution is 0.593. The monoisotopic (exact) mass is 364 g/mol. The summed E-state index contributed by atoms with van der Waals surface area (Å²) in [6.45, 7) is 2.50. The van der Waals surface area contributed by atoms with Crippen molar-refractivity contribution in [1.82, 2.24) is 20.0 Å². The van der Waals surface area contributed by atoms with E-state index in [-0.39, 0.29) is 17.3 Å². The van der Waals surface area contributed by atoms with Gasteiger partial charge in [0.05, 0.1) is 22.9 Å². The summed E-state index contributed by atoms with van der Waals surface area (Å²) >= 11 is 1.14. The maximum atomic E-state index is 12.1. The van der Waals surface area contributed by atoms with Crippen LogP contribution < -0.4 is 0 Å². The second-order valence-electron chi connectivity index (χ2n) is 4.90. The molecule has 0 aromatic carbocycles. The minimum absolute atomic E-state index is 0.178. The Morgan fingerprint density at radius 2 is 1.82 bits per heavy atom. The summed E-state index contributed by atoms with van der Waals surface area (Å²) in [4.78, 5) is 4.06. The standard InChI is InChI=1S/C11H16N4O4S3/c1-3-15-4-9(13-14-15)6-22(18,19)7-10-5-20-11(12-10)8-21(2,16)17/h4-5H,3,6-8H2,1-2H3. The summed E-state index contributed by atoms with van der Waals surface area (Å²) < 4.78 is 48.2. The number of hydrogen-bond donors (Lipinski definition) is 0. The van der Waals surface area contributed by atoms with E-state index >= 15 is 0 Å². The predicted molar refractivity (Wildman–Crippen MR) is 82.7 cm³/mol. The molecule has 11 heteroatoms. The largest absolute Gasteiger partial charge is 0.253 e. The van der Waals surface area contributed by atoms with Crippen molar-refractivity contribution in [1.29, 1.82) is 0 Å². The van der Waals surface area contributed by atoms with E-state index in [0.717, 1.165) is 17.6 Å². The maximum Gasteiger partial charge on any atom is 0.161 e. The second-order valence-corrected chi connectivity index (χ2v) is 10.0. The first kappa shape index (κ1) is 17.0. The molecule has 2 heterocycles. The topological polar surface area (TPSA) is 112 Å². The van der Waals surface area contributed by atoms with Gasteiger partial charge < -0.3 is 0 Å². The third-order valence-corrected chi connectivity index (χ3v) is 5.98. The molecule has 0 aliphatic rings. The fourth-order valence-electron chi connectivity index (χ4n) is 1.77. The van der Waals surface area contributed by atoms with E-state index in [0.29, 0.717) is 22.9 Å². The number of rotatable bonds is 7. The molecule has 0 saturated carbocycles. The van der Waals surface area contributed by atoms with Gasteiger partial charge in [0.1, 0.15) is 10.8 Å². The van der Waals surface area contributed by atoms with Gasteiger partial charge in [-0.2, -0.15) is 0 Å². The Balaban J connectivity index is 2.05. The van der Waals surface area contributed by atoms with Gasteiger partial charge in [0.25, 0.3) is 0 Å². The van der Waals surface area contributed by atoms with E-state index in [1.807, 2.05) is 6.92 Å². The van der Waals surface area contributed by atoms with Crippen molar-refractivity contribution in [3.05, 3.63) is 28.0 Å². The van der Waals surface area contributed by atoms with Crippen molar-refractivity contribution < 1.29 is 16.8 Å². The lowest BCUT2D eigenvalue weighted by atomic mass is 10.5. The molecular formula is C11H16N4O4S3. The third kappa shape index (κ3) is 5.14. The molecule has 0 aliphatic heterocycles. The van der Waals surface area contributed by atoms with Crippen LogP contribution in [0.25, 0.3) is 0 Å². The molecule has 2 rings (SSSR count). The molecule has 0 amide bonds. The van der Waals surface area contributed by atoms with Crippen LogP contribution in [0.5, 0.6) is 0 Å². The van der Waals surface area contributed by atoms with Gasteiger partial charge in [0, 0.05) is 24.4 Å². The van der Waals surface area contributed by atoms with Crippen LogP contribution in [0.1, 0.15) is 23.3 Å². The molecule has 0 saturated heterocycles. The molecule has 0 fully saturated rings. The van der Waals surface area contributed by atoms with E-state index in [1.165, 1.54) is 0 Å². The Morgan fingerprint density at radius 3 is 2.41 bits per heavy atom. The van der Waals surface area contributed by atoms with Crippen molar-refractivity contribution in [3.63, 3.8) is 0 Å². The molecule has 0 radical (unpaired) electrons. The maximum absolute atomic E-state index is 12.1. The molecule has 0 spiro atoms. The Morgan fingerprint density at radius 1 is 1.14 bits per heavy atom. The van der Waals surface area contributed by atoms with Gasteiger partial charge in [-0.15, -0.1) is 16.4 Å². The van der Waals surface area contributed by atoms with Crippen molar-refractivity contribution in [2.75, 3.05) is 6.26 Å². The summed E-state index contributed by atoms with van der Waals surface area (Å²) in [5.41, 5.74) is 0.736. The van der Waals surface area contributed by atoms with Gasteiger partial charge in [-0.25, -0.2) is 21.8 Å². The Bertz CT molecular complexity index is 852. The summed E-state index contributed by atoms with van der Waals surface area (Å²) in [5.74, 6) is -0.638. The summed E-state index contributed by atoms with van der Waals surface area (Å²) in [7, 11) is -6.61. The van der Waals surface area contributed by atoms with E-state index in [2.05, 4.69) is 15.3 Å². The fourth-order valence-corrected chi connectivity index (χ4v) is 5.16. The highest BCUT2D eigenvalue weighted by atomic mass is 32.2. The molecule has 0 unspecified atom stereocenters. The lowest BCUT2D eigenvalue weighted by Gasteiger charge is -1.99. The van der Waals surface area contributed by atoms with Crippen LogP contribution in [0.3, 0.4) is 0 Å². The lowest BCUT2D eigenvalue weighted by Crippen LogP contribution is -2.08. The zero-order chi connectivity index (χ0) is 16.4. The summed E-state index contributed by atoms with van der Waals surface area (Å²) in [6.07, 6.45) is 2.70. The van der Waals surface area contributed by atoms with Crippen LogP contribution in [0, 0.1) is 0 Å². The molecule has 0 atom stereocenters. The summed E-state index contributed by atoms with van der Waals surface area (Å²) in [6, 6.07) is 0. The predicted octanol–water partition coefficient (Wildman–Crippen LogP) is 0.414. The zero-order valence-electron chi connectivity index (χ0n) is 12.1. The van der Waals surface area contributed by atoms with E-state index in [1.54, 1.807) is 16.3 Å². The highest BCUT2D eigenvalue weighted by molar-refractivity contribution is 7.90. The van der Waals surface area contributed by atoms with Crippen LogP contribution >= 0.6 is 11.3 Å². The van der Waals surface area contributed by atoms with Crippen molar-refractivity contribution in [2.45, 2.75) is 30.7 Å². The van der Waals surface area contributed by atoms with Gasteiger partial charge in [-0.1, -0.05) is 5.21 Å². The highest BCUT2D eigenvalue weighted by Gasteiger charge is 2.18. The van der Waals surface area contributed by atoms with Crippen LogP contribution in [0.4, 0.5) is 0 Å². The minimum atomic E-state index is -3.43. The van der Waals surface area contributed by atoms with Gasteiger partial charge in [-0.05, 0) is 6.92 Å². The first-order valence-electron chi connectivity index (χ1n) is 6.37. The second kappa shape index (κ2) is 6.42. The quantitative estimate of drug-likeness (QED) is 0.699. The number of thiazole rings is 1. The average Bonchev–Trinajstić information content (AvgIpc) is 2.95. The van der Waals surface area contributed by atoms with Gasteiger partial charge >= 0.3 is 0 Å². The number of aromatic nitrogens is 4. The van der Waals surface area contributed by atoms with Gasteiger partial charge in [0.2, 0.25) is 0 Å². The van der Waals surface area contributed by atoms with Gasteiger partial charge in [0.15, 0.2) is 19.7 Å². The van der Waals surface area contributed by atoms with Crippen molar-refractivity contribution >= 4 is 31.0 Å². The molecular weight excluding hydrogens is 348 g/mol. The summed E-state index contributed by atoms with van der Waals surface area (Å²) in [5, 5.41) is 9.56.